The van der Waals surface area contributed by atoms with Gasteiger partial charge in [0.25, 0.3) is 5.91 Å². The van der Waals surface area contributed by atoms with Gasteiger partial charge in [-0.05, 0) is 25.5 Å². The molecule has 1 amide bonds. The zero-order valence-corrected chi connectivity index (χ0v) is 11.4. The number of nitrogens with two attached hydrogens (primary N) is 1. The van der Waals surface area contributed by atoms with Crippen molar-refractivity contribution < 1.29 is 14.3 Å². The highest BCUT2D eigenvalue weighted by Gasteiger charge is 2.33. The van der Waals surface area contributed by atoms with Crippen LogP contribution < -0.4 is 11.1 Å². The molecule has 0 aliphatic rings. The van der Waals surface area contributed by atoms with Crippen molar-refractivity contribution in [2.75, 3.05) is 12.4 Å². The number of primary amides is 1. The number of hydrogen-bond donors (Lipinski definition) is 2. The minimum atomic E-state index is -0.847. The second-order valence-electron chi connectivity index (χ2n) is 4.49. The van der Waals surface area contributed by atoms with Gasteiger partial charge >= 0.3 is 5.97 Å². The minimum Gasteiger partial charge on any atom is -0.467 e. The SMILES string of the molecule is CCCC(C)(Nc1ccnc(C(N)=O)c1)C(=O)OC. The molecule has 1 rings (SSSR count). The van der Waals surface area contributed by atoms with Crippen LogP contribution in [0.3, 0.4) is 0 Å². The Balaban J connectivity index is 2.99. The highest BCUT2D eigenvalue weighted by molar-refractivity contribution is 5.92. The molecule has 1 heterocycles. The van der Waals surface area contributed by atoms with Crippen molar-refractivity contribution in [1.29, 1.82) is 0 Å². The number of carbonyl (C=O) groups excluding carboxylic acids is 2. The maximum Gasteiger partial charge on any atom is 0.331 e. The van der Waals surface area contributed by atoms with E-state index in [0.29, 0.717) is 12.1 Å². The van der Waals surface area contributed by atoms with Crippen molar-refractivity contribution in [1.82, 2.24) is 4.98 Å². The Kier molecular flexibility index (Phi) is 4.86. The molecule has 6 heteroatoms. The fourth-order valence-electron chi connectivity index (χ4n) is 1.90. The predicted octanol–water partition coefficient (Wildman–Crippen LogP) is 1.32. The lowest BCUT2D eigenvalue weighted by molar-refractivity contribution is -0.145. The normalized spacial score (nSPS) is 13.4. The highest BCUT2D eigenvalue weighted by atomic mass is 16.5. The number of pyridine rings is 1. The molecule has 0 saturated heterocycles. The van der Waals surface area contributed by atoms with Gasteiger partial charge in [-0.15, -0.1) is 0 Å². The number of hydrogen-bond acceptors (Lipinski definition) is 5. The van der Waals surface area contributed by atoms with Crippen molar-refractivity contribution in [2.45, 2.75) is 32.2 Å². The van der Waals surface area contributed by atoms with Crippen molar-refractivity contribution in [3.05, 3.63) is 24.0 Å². The summed E-state index contributed by atoms with van der Waals surface area (Å²) in [6, 6.07) is 3.18. The Morgan fingerprint density at radius 3 is 2.74 bits per heavy atom. The largest absolute Gasteiger partial charge is 0.467 e. The van der Waals surface area contributed by atoms with Crippen molar-refractivity contribution >= 4 is 17.6 Å². The van der Waals surface area contributed by atoms with Gasteiger partial charge in [0.1, 0.15) is 11.2 Å². The van der Waals surface area contributed by atoms with E-state index in [2.05, 4.69) is 10.3 Å². The minimum absolute atomic E-state index is 0.147. The zero-order chi connectivity index (χ0) is 14.5. The topological polar surface area (TPSA) is 94.3 Å². The molecule has 0 aromatic carbocycles. The smallest absolute Gasteiger partial charge is 0.331 e. The molecular weight excluding hydrogens is 246 g/mol. The third kappa shape index (κ3) is 3.67. The summed E-state index contributed by atoms with van der Waals surface area (Å²) >= 11 is 0. The number of rotatable bonds is 6. The molecule has 0 bridgehead atoms. The molecule has 1 unspecified atom stereocenters. The maximum atomic E-state index is 11.9. The third-order valence-corrected chi connectivity index (χ3v) is 2.82. The number of carbonyl (C=O) groups is 2. The van der Waals surface area contributed by atoms with E-state index in [1.165, 1.54) is 19.4 Å². The van der Waals surface area contributed by atoms with Crippen molar-refractivity contribution in [3.63, 3.8) is 0 Å². The number of nitrogens with one attached hydrogen (secondary N) is 1. The van der Waals surface area contributed by atoms with Gasteiger partial charge < -0.3 is 15.8 Å². The molecule has 104 valence electrons. The molecule has 0 radical (unpaired) electrons. The molecule has 19 heavy (non-hydrogen) atoms. The van der Waals surface area contributed by atoms with Gasteiger partial charge in [0.05, 0.1) is 7.11 Å². The highest BCUT2D eigenvalue weighted by Crippen LogP contribution is 2.21. The first kappa shape index (κ1) is 14.9. The van der Waals surface area contributed by atoms with E-state index < -0.39 is 11.4 Å². The predicted molar refractivity (Wildman–Crippen MR) is 71.7 cm³/mol. The van der Waals surface area contributed by atoms with Crippen LogP contribution in [0.4, 0.5) is 5.69 Å². The molecule has 0 fully saturated rings. The van der Waals surface area contributed by atoms with Crippen LogP contribution in [0, 0.1) is 0 Å². The molecule has 0 aliphatic heterocycles. The van der Waals surface area contributed by atoms with Crippen LogP contribution >= 0.6 is 0 Å². The summed E-state index contributed by atoms with van der Waals surface area (Å²) in [7, 11) is 1.35. The molecule has 0 spiro atoms. The lowest BCUT2D eigenvalue weighted by Crippen LogP contribution is -2.44. The van der Waals surface area contributed by atoms with E-state index in [1.54, 1.807) is 13.0 Å². The summed E-state index contributed by atoms with van der Waals surface area (Å²) in [6.45, 7) is 3.73. The molecule has 1 aromatic heterocycles. The standard InChI is InChI=1S/C13H19N3O3/c1-4-6-13(2,12(18)19-3)16-9-5-7-15-10(8-9)11(14)17/h5,7-8H,4,6H2,1-3H3,(H2,14,17)(H,15,16). The van der Waals surface area contributed by atoms with Crippen LogP contribution in [0.25, 0.3) is 0 Å². The monoisotopic (exact) mass is 265 g/mol. The molecule has 0 saturated carbocycles. The van der Waals surface area contributed by atoms with Crippen molar-refractivity contribution in [2.24, 2.45) is 5.73 Å². The molecule has 0 aliphatic carbocycles. The Morgan fingerprint density at radius 1 is 1.53 bits per heavy atom. The number of anilines is 1. The Bertz CT molecular complexity index is 476. The number of amides is 1. The number of nitrogens with zero attached hydrogens (tertiary/aromatic N) is 1. The van der Waals surface area contributed by atoms with E-state index in [1.807, 2.05) is 6.92 Å². The van der Waals surface area contributed by atoms with E-state index in [-0.39, 0.29) is 11.7 Å². The van der Waals surface area contributed by atoms with Crippen LogP contribution in [-0.2, 0) is 9.53 Å². The van der Waals surface area contributed by atoms with Crippen molar-refractivity contribution in [3.8, 4) is 0 Å². The first-order valence-corrected chi connectivity index (χ1v) is 6.05. The van der Waals surface area contributed by atoms with Gasteiger partial charge in [0.15, 0.2) is 0 Å². The molecule has 6 nitrogen and oxygen atoms in total. The van der Waals surface area contributed by atoms with Crippen LogP contribution in [0.1, 0.15) is 37.2 Å². The second kappa shape index (κ2) is 6.17. The molecule has 3 N–H and O–H groups in total. The summed E-state index contributed by atoms with van der Waals surface area (Å²) in [5.41, 5.74) is 5.07. The van der Waals surface area contributed by atoms with Gasteiger partial charge in [0.2, 0.25) is 0 Å². The van der Waals surface area contributed by atoms with Gasteiger partial charge in [-0.1, -0.05) is 13.3 Å². The lowest BCUT2D eigenvalue weighted by Gasteiger charge is -2.28. The van der Waals surface area contributed by atoms with Crippen LogP contribution in [-0.4, -0.2) is 29.5 Å². The number of esters is 1. The van der Waals surface area contributed by atoms with Gasteiger partial charge in [-0.3, -0.25) is 9.78 Å². The average molecular weight is 265 g/mol. The lowest BCUT2D eigenvalue weighted by atomic mass is 9.96. The first-order chi connectivity index (χ1) is 8.92. The van der Waals surface area contributed by atoms with Crippen LogP contribution in [0.5, 0.6) is 0 Å². The second-order valence-corrected chi connectivity index (χ2v) is 4.49. The quantitative estimate of drug-likeness (QED) is 0.756. The molecule has 1 aromatic rings. The van der Waals surface area contributed by atoms with Gasteiger partial charge in [-0.25, -0.2) is 4.79 Å². The molecular formula is C13H19N3O3. The van der Waals surface area contributed by atoms with Gasteiger partial charge in [0, 0.05) is 11.9 Å². The summed E-state index contributed by atoms with van der Waals surface area (Å²) in [5.74, 6) is -0.967. The maximum absolute atomic E-state index is 11.9. The summed E-state index contributed by atoms with van der Waals surface area (Å²) in [5, 5.41) is 3.08. The Morgan fingerprint density at radius 2 is 2.21 bits per heavy atom. The Hall–Kier alpha value is -2.11. The summed E-state index contributed by atoms with van der Waals surface area (Å²) in [4.78, 5) is 26.8. The number of aromatic nitrogens is 1. The fourth-order valence-corrected chi connectivity index (χ4v) is 1.90. The molecule has 1 atom stereocenters. The van der Waals surface area contributed by atoms with Crippen LogP contribution in [0.2, 0.25) is 0 Å². The number of ether oxygens (including phenoxy) is 1. The average Bonchev–Trinajstić information content (AvgIpc) is 2.38. The van der Waals surface area contributed by atoms with Gasteiger partial charge in [-0.2, -0.15) is 0 Å². The van der Waals surface area contributed by atoms with E-state index in [0.717, 1.165) is 6.42 Å². The van der Waals surface area contributed by atoms with Crippen LogP contribution in [0.15, 0.2) is 18.3 Å². The first-order valence-electron chi connectivity index (χ1n) is 6.05. The van der Waals surface area contributed by atoms with E-state index in [4.69, 9.17) is 10.5 Å². The number of methoxy groups -OCH3 is 1. The fraction of sp³-hybridized carbons (Fsp3) is 0.462. The Labute approximate surface area is 112 Å². The zero-order valence-electron chi connectivity index (χ0n) is 11.4. The third-order valence-electron chi connectivity index (χ3n) is 2.82. The summed E-state index contributed by atoms with van der Waals surface area (Å²) in [6.07, 6.45) is 2.88. The van der Waals surface area contributed by atoms with E-state index in [9.17, 15) is 9.59 Å². The van der Waals surface area contributed by atoms with E-state index >= 15 is 0 Å². The summed E-state index contributed by atoms with van der Waals surface area (Å²) < 4.78 is 4.81.